The van der Waals surface area contributed by atoms with Crippen molar-refractivity contribution >= 4 is 23.8 Å². The number of pyridine rings is 1. The van der Waals surface area contributed by atoms with Crippen molar-refractivity contribution < 1.29 is 9.90 Å². The Labute approximate surface area is 191 Å². The molecule has 1 heterocycles. The molecule has 0 bridgehead atoms. The third-order valence-electron chi connectivity index (χ3n) is 6.74. The van der Waals surface area contributed by atoms with E-state index in [4.69, 9.17) is 0 Å². The maximum absolute atomic E-state index is 12.1. The monoisotopic (exact) mass is 430 g/mol. The molecule has 32 heavy (non-hydrogen) atoms. The number of anilines is 1. The molecule has 1 aromatic carbocycles. The number of aliphatic carboxylic acids is 1. The van der Waals surface area contributed by atoms with Crippen LogP contribution in [0, 0.1) is 12.8 Å². The number of rotatable bonds is 8. The number of aromatic nitrogens is 1. The molecule has 2 aliphatic rings. The average Bonchev–Trinajstić information content (AvgIpc) is 3.65. The number of hydrogen-bond acceptors (Lipinski definition) is 3. The Balaban J connectivity index is 1.60. The predicted molar refractivity (Wildman–Crippen MR) is 132 cm³/mol. The lowest BCUT2D eigenvalue weighted by atomic mass is 9.88. The third-order valence-corrected chi connectivity index (χ3v) is 6.74. The fourth-order valence-electron chi connectivity index (χ4n) is 4.61. The number of allylic oxidation sites excluding steroid dienone is 2. The van der Waals surface area contributed by atoms with Gasteiger partial charge in [-0.2, -0.15) is 0 Å². The fraction of sp³-hybridized carbons (Fsp3) is 0.429. The highest BCUT2D eigenvalue weighted by Crippen LogP contribution is 2.39. The van der Waals surface area contributed by atoms with Gasteiger partial charge < -0.3 is 10.4 Å². The van der Waals surface area contributed by atoms with Crippen molar-refractivity contribution in [3.8, 4) is 0 Å². The Kier molecular flexibility index (Phi) is 7.09. The van der Waals surface area contributed by atoms with Crippen molar-refractivity contribution in [2.45, 2.75) is 70.8 Å². The second kappa shape index (κ2) is 10.2. The molecule has 168 valence electrons. The quantitative estimate of drug-likeness (QED) is 0.467. The van der Waals surface area contributed by atoms with Crippen LogP contribution in [-0.4, -0.2) is 16.1 Å². The predicted octanol–water partition coefficient (Wildman–Crippen LogP) is 7.13. The molecule has 0 amide bonds. The molecule has 4 heteroatoms. The minimum Gasteiger partial charge on any atom is -0.479 e. The summed E-state index contributed by atoms with van der Waals surface area (Å²) in [4.78, 5) is 16.6. The van der Waals surface area contributed by atoms with Crippen LogP contribution in [0.25, 0.3) is 12.2 Å². The molecule has 2 saturated carbocycles. The van der Waals surface area contributed by atoms with Crippen molar-refractivity contribution in [1.29, 1.82) is 0 Å². The molecule has 4 rings (SSSR count). The maximum atomic E-state index is 12.1. The van der Waals surface area contributed by atoms with Gasteiger partial charge in [0.15, 0.2) is 6.04 Å². The zero-order chi connectivity index (χ0) is 22.5. The molecule has 2 N–H and O–H groups in total. The van der Waals surface area contributed by atoms with Gasteiger partial charge in [0.1, 0.15) is 0 Å². The van der Waals surface area contributed by atoms with Gasteiger partial charge in [-0.3, -0.25) is 4.98 Å². The van der Waals surface area contributed by atoms with Gasteiger partial charge in [-0.15, -0.1) is 0 Å². The number of carbonyl (C=O) groups is 1. The molecule has 0 saturated heterocycles. The van der Waals surface area contributed by atoms with Gasteiger partial charge in [0.25, 0.3) is 0 Å². The van der Waals surface area contributed by atoms with Gasteiger partial charge in [0.2, 0.25) is 0 Å². The van der Waals surface area contributed by atoms with E-state index in [1.54, 1.807) is 0 Å². The molecule has 2 aromatic rings. The topological polar surface area (TPSA) is 62.2 Å². The summed E-state index contributed by atoms with van der Waals surface area (Å²) < 4.78 is 0. The van der Waals surface area contributed by atoms with Crippen LogP contribution < -0.4 is 5.32 Å². The van der Waals surface area contributed by atoms with Crippen LogP contribution >= 0.6 is 0 Å². The molecule has 1 aromatic heterocycles. The Morgan fingerprint density at radius 1 is 1.09 bits per heavy atom. The van der Waals surface area contributed by atoms with Crippen LogP contribution in [-0.2, 0) is 4.79 Å². The highest BCUT2D eigenvalue weighted by Gasteiger charge is 2.26. The van der Waals surface area contributed by atoms with E-state index in [1.165, 1.54) is 56.1 Å². The van der Waals surface area contributed by atoms with Gasteiger partial charge in [0.05, 0.1) is 5.69 Å². The number of hydrogen-bond donors (Lipinski definition) is 2. The Morgan fingerprint density at radius 2 is 1.81 bits per heavy atom. The normalized spacial score (nSPS) is 18.3. The summed E-state index contributed by atoms with van der Waals surface area (Å²) in [5.74, 6) is 0.321. The molecular weight excluding hydrogens is 396 g/mol. The standard InChI is InChI=1S/C28H34N2O2/c1-3-7-22-16-25(17-23(19(22)2)11-10-20-8-5-4-6-9-20)30-27(28(31)32)26-15-14-24(18-29-26)21-12-13-21/h3,7,10-11,14-18,20-21,27,30H,4-6,8-9,12-13H2,1-2H3,(H,31,32)/b7-3-,11-10+. The lowest BCUT2D eigenvalue weighted by Crippen LogP contribution is -2.21. The number of carboxylic acids is 1. The number of nitrogens with zero attached hydrogens (tertiary/aromatic N) is 1. The second-order valence-electron chi connectivity index (χ2n) is 9.24. The molecule has 4 nitrogen and oxygen atoms in total. The highest BCUT2D eigenvalue weighted by molar-refractivity contribution is 5.80. The number of carboxylic acid groups (broad SMARTS) is 1. The van der Waals surface area contributed by atoms with E-state index in [0.29, 0.717) is 17.5 Å². The average molecular weight is 431 g/mol. The van der Waals surface area contributed by atoms with Crippen molar-refractivity contribution in [2.24, 2.45) is 5.92 Å². The first-order valence-corrected chi connectivity index (χ1v) is 12.0. The van der Waals surface area contributed by atoms with E-state index >= 15 is 0 Å². The highest BCUT2D eigenvalue weighted by atomic mass is 16.4. The summed E-state index contributed by atoms with van der Waals surface area (Å²) in [5, 5.41) is 13.2. The van der Waals surface area contributed by atoms with Gasteiger partial charge >= 0.3 is 5.97 Å². The Bertz CT molecular complexity index is 997. The first kappa shape index (κ1) is 22.3. The van der Waals surface area contributed by atoms with Crippen molar-refractivity contribution in [1.82, 2.24) is 4.98 Å². The Morgan fingerprint density at radius 3 is 2.41 bits per heavy atom. The summed E-state index contributed by atoms with van der Waals surface area (Å²) in [5.41, 5.74) is 5.98. The van der Waals surface area contributed by atoms with Crippen LogP contribution in [0.1, 0.15) is 91.8 Å². The zero-order valence-corrected chi connectivity index (χ0v) is 19.2. The van der Waals surface area contributed by atoms with Crippen LogP contribution in [0.4, 0.5) is 5.69 Å². The molecule has 0 radical (unpaired) electrons. The van der Waals surface area contributed by atoms with Crippen LogP contribution in [0.2, 0.25) is 0 Å². The summed E-state index contributed by atoms with van der Waals surface area (Å²) in [6, 6.07) is 7.08. The van der Waals surface area contributed by atoms with Crippen LogP contribution in [0.15, 0.2) is 42.6 Å². The molecule has 0 spiro atoms. The van der Waals surface area contributed by atoms with E-state index in [2.05, 4.69) is 41.5 Å². The van der Waals surface area contributed by atoms with Gasteiger partial charge in [-0.25, -0.2) is 4.79 Å². The molecule has 0 aliphatic heterocycles. The molecule has 2 aliphatic carbocycles. The second-order valence-corrected chi connectivity index (χ2v) is 9.24. The van der Waals surface area contributed by atoms with Crippen LogP contribution in [0.5, 0.6) is 0 Å². The van der Waals surface area contributed by atoms with E-state index in [9.17, 15) is 9.90 Å². The van der Waals surface area contributed by atoms with E-state index in [-0.39, 0.29) is 0 Å². The summed E-state index contributed by atoms with van der Waals surface area (Å²) in [6.45, 7) is 4.13. The van der Waals surface area contributed by atoms with Crippen molar-refractivity contribution in [3.05, 3.63) is 70.6 Å². The number of benzene rings is 1. The van der Waals surface area contributed by atoms with Gasteiger partial charge in [-0.1, -0.05) is 49.6 Å². The zero-order valence-electron chi connectivity index (χ0n) is 19.2. The third kappa shape index (κ3) is 5.48. The first-order chi connectivity index (χ1) is 15.5. The lowest BCUT2D eigenvalue weighted by Gasteiger charge is -2.19. The smallest absolute Gasteiger partial charge is 0.332 e. The molecule has 2 fully saturated rings. The van der Waals surface area contributed by atoms with E-state index in [1.807, 2.05) is 37.4 Å². The minimum absolute atomic E-state index is 0.536. The fourth-order valence-corrected chi connectivity index (χ4v) is 4.61. The van der Waals surface area contributed by atoms with Gasteiger partial charge in [0, 0.05) is 11.9 Å². The van der Waals surface area contributed by atoms with E-state index < -0.39 is 12.0 Å². The Hall–Kier alpha value is -2.88. The summed E-state index contributed by atoms with van der Waals surface area (Å²) in [7, 11) is 0. The van der Waals surface area contributed by atoms with Crippen molar-refractivity contribution in [2.75, 3.05) is 5.32 Å². The van der Waals surface area contributed by atoms with Crippen LogP contribution in [0.3, 0.4) is 0 Å². The summed E-state index contributed by atoms with van der Waals surface area (Å²) >= 11 is 0. The van der Waals surface area contributed by atoms with E-state index in [0.717, 1.165) is 16.8 Å². The maximum Gasteiger partial charge on any atom is 0.332 e. The first-order valence-electron chi connectivity index (χ1n) is 12.0. The number of nitrogens with one attached hydrogen (secondary N) is 1. The minimum atomic E-state index is -0.927. The van der Waals surface area contributed by atoms with Crippen molar-refractivity contribution in [3.63, 3.8) is 0 Å². The molecular formula is C28H34N2O2. The SMILES string of the molecule is C/C=C\c1cc(NC(C(=O)O)c2ccc(C3CC3)cn2)cc(/C=C/C2CCCCC2)c1C. The largest absolute Gasteiger partial charge is 0.479 e. The lowest BCUT2D eigenvalue weighted by molar-refractivity contribution is -0.138. The van der Waals surface area contributed by atoms with Gasteiger partial charge in [-0.05, 0) is 91.8 Å². The molecule has 1 atom stereocenters. The summed E-state index contributed by atoms with van der Waals surface area (Å²) in [6.07, 6.45) is 19.4. The molecule has 1 unspecified atom stereocenters.